The van der Waals surface area contributed by atoms with Crippen molar-refractivity contribution >= 4 is 11.8 Å². The zero-order valence-electron chi connectivity index (χ0n) is 13.4. The van der Waals surface area contributed by atoms with E-state index < -0.39 is 0 Å². The van der Waals surface area contributed by atoms with Gasteiger partial charge in [-0.1, -0.05) is 32.0 Å². The Kier molecular flexibility index (Phi) is 5.41. The smallest absolute Gasteiger partial charge is 0.224 e. The molecule has 0 aliphatic heterocycles. The summed E-state index contributed by atoms with van der Waals surface area (Å²) in [6.07, 6.45) is 0.641. The van der Waals surface area contributed by atoms with Crippen LogP contribution in [0.15, 0.2) is 24.3 Å². The molecule has 0 saturated heterocycles. The molecule has 120 valence electrons. The lowest BCUT2D eigenvalue weighted by atomic mass is 10.2. The summed E-state index contributed by atoms with van der Waals surface area (Å²) < 4.78 is 5.25. The van der Waals surface area contributed by atoms with Crippen LogP contribution in [0, 0.1) is 17.8 Å². The van der Waals surface area contributed by atoms with Crippen LogP contribution in [-0.4, -0.2) is 25.5 Å². The van der Waals surface area contributed by atoms with E-state index in [-0.39, 0.29) is 23.7 Å². The van der Waals surface area contributed by atoms with Gasteiger partial charge in [0.25, 0.3) is 0 Å². The van der Waals surface area contributed by atoms with Crippen molar-refractivity contribution in [3.05, 3.63) is 29.8 Å². The Morgan fingerprint density at radius 2 is 1.82 bits per heavy atom. The summed E-state index contributed by atoms with van der Waals surface area (Å²) in [5, 5.41) is 5.77. The molecule has 5 heteroatoms. The number of carbonyl (C=O) groups is 2. The molecule has 0 aromatic heterocycles. The molecule has 5 nitrogen and oxygen atoms in total. The number of rotatable bonds is 7. The van der Waals surface area contributed by atoms with Crippen LogP contribution in [0.3, 0.4) is 0 Å². The standard InChI is InChI=1S/C17H24N2O3/c1-11(2)9-18-16(20)13-8-14(13)17(21)19-10-12-6-4-5-7-15(12)22-3/h4-7,11,13-14H,8-10H2,1-3H3,(H,18,20)(H,19,21). The molecule has 1 fully saturated rings. The van der Waals surface area contributed by atoms with Crippen LogP contribution in [0.1, 0.15) is 25.8 Å². The van der Waals surface area contributed by atoms with Gasteiger partial charge in [0.1, 0.15) is 5.75 Å². The molecule has 0 spiro atoms. The van der Waals surface area contributed by atoms with Crippen LogP contribution in [0.4, 0.5) is 0 Å². The summed E-state index contributed by atoms with van der Waals surface area (Å²) in [5.41, 5.74) is 0.930. The zero-order valence-corrected chi connectivity index (χ0v) is 13.4. The van der Waals surface area contributed by atoms with Gasteiger partial charge in [0.2, 0.25) is 11.8 Å². The Bertz CT molecular complexity index is 542. The van der Waals surface area contributed by atoms with E-state index in [0.29, 0.717) is 25.4 Å². The Labute approximate surface area is 131 Å². The van der Waals surface area contributed by atoms with Gasteiger partial charge in [-0.2, -0.15) is 0 Å². The lowest BCUT2D eigenvalue weighted by Gasteiger charge is -2.10. The first-order valence-corrected chi connectivity index (χ1v) is 7.70. The molecule has 2 unspecified atom stereocenters. The predicted octanol–water partition coefficient (Wildman–Crippen LogP) is 1.72. The quantitative estimate of drug-likeness (QED) is 0.806. The van der Waals surface area contributed by atoms with E-state index in [2.05, 4.69) is 10.6 Å². The average molecular weight is 304 g/mol. The van der Waals surface area contributed by atoms with Gasteiger partial charge in [-0.3, -0.25) is 9.59 Å². The highest BCUT2D eigenvalue weighted by atomic mass is 16.5. The fourth-order valence-corrected chi connectivity index (χ4v) is 2.37. The number of methoxy groups -OCH3 is 1. The van der Waals surface area contributed by atoms with Gasteiger partial charge in [-0.05, 0) is 18.4 Å². The minimum atomic E-state index is -0.193. The van der Waals surface area contributed by atoms with Crippen LogP contribution in [0.5, 0.6) is 5.75 Å². The van der Waals surface area contributed by atoms with E-state index in [0.717, 1.165) is 11.3 Å². The molecule has 22 heavy (non-hydrogen) atoms. The van der Waals surface area contributed by atoms with Crippen molar-refractivity contribution in [2.24, 2.45) is 17.8 Å². The molecule has 0 radical (unpaired) electrons. The van der Waals surface area contributed by atoms with E-state index in [1.165, 1.54) is 0 Å². The van der Waals surface area contributed by atoms with E-state index in [1.807, 2.05) is 38.1 Å². The Morgan fingerprint density at radius 3 is 2.45 bits per heavy atom. The van der Waals surface area contributed by atoms with Gasteiger partial charge in [0.15, 0.2) is 0 Å². The third-order valence-corrected chi connectivity index (χ3v) is 3.79. The van der Waals surface area contributed by atoms with Gasteiger partial charge in [-0.25, -0.2) is 0 Å². The lowest BCUT2D eigenvalue weighted by molar-refractivity contribution is -0.127. The van der Waals surface area contributed by atoms with E-state index in [9.17, 15) is 9.59 Å². The maximum absolute atomic E-state index is 12.1. The number of hydrogen-bond donors (Lipinski definition) is 2. The molecule has 2 N–H and O–H groups in total. The molecule has 2 rings (SSSR count). The first-order valence-electron chi connectivity index (χ1n) is 7.70. The van der Waals surface area contributed by atoms with Crippen molar-refractivity contribution in [2.45, 2.75) is 26.8 Å². The average Bonchev–Trinajstić information content (AvgIpc) is 3.31. The number of para-hydroxylation sites is 1. The Morgan fingerprint density at radius 1 is 1.18 bits per heavy atom. The van der Waals surface area contributed by atoms with E-state index >= 15 is 0 Å². The SMILES string of the molecule is COc1ccccc1CNC(=O)C1CC1C(=O)NCC(C)C. The van der Waals surface area contributed by atoms with Gasteiger partial charge in [-0.15, -0.1) is 0 Å². The molecule has 1 aromatic rings. The van der Waals surface area contributed by atoms with Gasteiger partial charge in [0.05, 0.1) is 18.9 Å². The summed E-state index contributed by atoms with van der Waals surface area (Å²) in [4.78, 5) is 24.0. The first kappa shape index (κ1) is 16.3. The second kappa shape index (κ2) is 7.29. The Balaban J connectivity index is 1.78. The van der Waals surface area contributed by atoms with Crippen LogP contribution < -0.4 is 15.4 Å². The summed E-state index contributed by atoms with van der Waals surface area (Å²) >= 11 is 0. The second-order valence-electron chi connectivity index (χ2n) is 6.12. The summed E-state index contributed by atoms with van der Waals surface area (Å²) in [7, 11) is 1.61. The van der Waals surface area contributed by atoms with Gasteiger partial charge < -0.3 is 15.4 Å². The zero-order chi connectivity index (χ0) is 16.1. The van der Waals surface area contributed by atoms with Crippen LogP contribution >= 0.6 is 0 Å². The Hall–Kier alpha value is -2.04. The van der Waals surface area contributed by atoms with Crippen molar-refractivity contribution in [1.82, 2.24) is 10.6 Å². The third-order valence-electron chi connectivity index (χ3n) is 3.79. The first-order chi connectivity index (χ1) is 10.5. The molecule has 1 aliphatic rings. The second-order valence-corrected chi connectivity index (χ2v) is 6.12. The molecule has 1 aromatic carbocycles. The van der Waals surface area contributed by atoms with Crippen molar-refractivity contribution in [3.63, 3.8) is 0 Å². The summed E-state index contributed by atoms with van der Waals surface area (Å²) in [6, 6.07) is 7.57. The molecule has 0 bridgehead atoms. The van der Waals surface area contributed by atoms with Crippen LogP contribution in [0.25, 0.3) is 0 Å². The van der Waals surface area contributed by atoms with E-state index in [1.54, 1.807) is 7.11 Å². The van der Waals surface area contributed by atoms with Gasteiger partial charge in [0, 0.05) is 18.7 Å². The number of benzene rings is 1. The molecule has 1 aliphatic carbocycles. The summed E-state index contributed by atoms with van der Waals surface area (Å²) in [6.45, 7) is 5.17. The maximum Gasteiger partial charge on any atom is 0.224 e. The van der Waals surface area contributed by atoms with Crippen molar-refractivity contribution in [1.29, 1.82) is 0 Å². The normalized spacial score (nSPS) is 19.6. The molecule has 0 heterocycles. The third kappa shape index (κ3) is 4.23. The fraction of sp³-hybridized carbons (Fsp3) is 0.529. The van der Waals surface area contributed by atoms with Crippen LogP contribution in [0.2, 0.25) is 0 Å². The predicted molar refractivity (Wildman–Crippen MR) is 84.3 cm³/mol. The number of amides is 2. The summed E-state index contributed by atoms with van der Waals surface area (Å²) in [5.74, 6) is 0.741. The maximum atomic E-state index is 12.1. The topological polar surface area (TPSA) is 67.4 Å². The lowest BCUT2D eigenvalue weighted by Crippen LogP contribution is -2.31. The van der Waals surface area contributed by atoms with Crippen molar-refractivity contribution < 1.29 is 14.3 Å². The van der Waals surface area contributed by atoms with Crippen LogP contribution in [-0.2, 0) is 16.1 Å². The molecule has 2 amide bonds. The minimum Gasteiger partial charge on any atom is -0.496 e. The highest BCUT2D eigenvalue weighted by Crippen LogP contribution is 2.38. The molecular weight excluding hydrogens is 280 g/mol. The van der Waals surface area contributed by atoms with Crippen molar-refractivity contribution in [2.75, 3.05) is 13.7 Å². The monoisotopic (exact) mass is 304 g/mol. The fourth-order valence-electron chi connectivity index (χ4n) is 2.37. The molecule has 1 saturated carbocycles. The number of carbonyl (C=O) groups excluding carboxylic acids is 2. The largest absolute Gasteiger partial charge is 0.496 e. The highest BCUT2D eigenvalue weighted by molar-refractivity contribution is 5.92. The highest BCUT2D eigenvalue weighted by Gasteiger charge is 2.47. The number of ether oxygens (including phenoxy) is 1. The minimum absolute atomic E-state index is 0.00820. The van der Waals surface area contributed by atoms with E-state index in [4.69, 9.17) is 4.74 Å². The van der Waals surface area contributed by atoms with Crippen molar-refractivity contribution in [3.8, 4) is 5.75 Å². The van der Waals surface area contributed by atoms with Gasteiger partial charge >= 0.3 is 0 Å². The molecule has 2 atom stereocenters. The molecular formula is C17H24N2O3. The number of hydrogen-bond acceptors (Lipinski definition) is 3. The number of nitrogens with one attached hydrogen (secondary N) is 2.